The van der Waals surface area contributed by atoms with E-state index < -0.39 is 6.10 Å². The summed E-state index contributed by atoms with van der Waals surface area (Å²) in [7, 11) is 3.25. The molecule has 0 aliphatic heterocycles. The molecule has 24 heavy (non-hydrogen) atoms. The predicted molar refractivity (Wildman–Crippen MR) is 105 cm³/mol. The Balaban J connectivity index is 0.000000245. The van der Waals surface area contributed by atoms with Gasteiger partial charge in [0.2, 0.25) is 0 Å². The number of ether oxygens (including phenoxy) is 1. The summed E-state index contributed by atoms with van der Waals surface area (Å²) >= 11 is 0. The monoisotopic (exact) mass is 350 g/mol. The average molecular weight is 350 g/mol. The van der Waals surface area contributed by atoms with Crippen molar-refractivity contribution in [3.05, 3.63) is 34.7 Å². The first-order valence-corrected chi connectivity index (χ1v) is 9.46. The van der Waals surface area contributed by atoms with Crippen LogP contribution in [0.2, 0.25) is 0 Å². The summed E-state index contributed by atoms with van der Waals surface area (Å²) in [5.41, 5.74) is 0. The molecule has 0 radical (unpaired) electrons. The average Bonchev–Trinajstić information content (AvgIpc) is 2.60. The van der Waals surface area contributed by atoms with Crippen LogP contribution in [0.25, 0.3) is 11.8 Å². The molecule has 0 aromatic heterocycles. The van der Waals surface area contributed by atoms with Gasteiger partial charge in [0.25, 0.3) is 0 Å². The van der Waals surface area contributed by atoms with E-state index in [-0.39, 0.29) is 5.76 Å². The summed E-state index contributed by atoms with van der Waals surface area (Å²) in [4.78, 5) is 0. The molecule has 2 rings (SSSR count). The number of rotatable bonds is 8. The Bertz CT molecular complexity index is 602. The van der Waals surface area contributed by atoms with Crippen LogP contribution >= 0.6 is 8.86 Å². The number of aliphatic hydroxyl groups is 2. The zero-order valence-electron chi connectivity index (χ0n) is 14.9. The summed E-state index contributed by atoms with van der Waals surface area (Å²) in [5.74, 6) is 0.00287. The van der Waals surface area contributed by atoms with Gasteiger partial charge in [-0.3, -0.25) is 0 Å². The van der Waals surface area contributed by atoms with E-state index >= 15 is 0 Å². The van der Waals surface area contributed by atoms with Crippen molar-refractivity contribution in [1.82, 2.24) is 0 Å². The summed E-state index contributed by atoms with van der Waals surface area (Å²) in [5, 5.41) is 21.3. The molecule has 0 fully saturated rings. The van der Waals surface area contributed by atoms with Gasteiger partial charge in [-0.25, -0.2) is 0 Å². The van der Waals surface area contributed by atoms with Crippen molar-refractivity contribution in [2.75, 3.05) is 13.2 Å². The molecule has 0 saturated heterocycles. The highest BCUT2D eigenvalue weighted by molar-refractivity contribution is 7.23. The van der Waals surface area contributed by atoms with Crippen LogP contribution in [0, 0.1) is 0 Å². The van der Waals surface area contributed by atoms with E-state index in [2.05, 4.69) is 22.7 Å². The molecule has 1 aromatic carbocycles. The van der Waals surface area contributed by atoms with E-state index in [1.807, 2.05) is 18.2 Å². The van der Waals surface area contributed by atoms with E-state index in [0.717, 1.165) is 18.4 Å². The van der Waals surface area contributed by atoms with E-state index in [0.29, 0.717) is 10.5 Å². The summed E-state index contributed by atoms with van der Waals surface area (Å²) in [6, 6.07) is 7.38. The van der Waals surface area contributed by atoms with Gasteiger partial charge in [-0.2, -0.15) is 0 Å². The van der Waals surface area contributed by atoms with Crippen molar-refractivity contribution in [1.29, 1.82) is 0 Å². The van der Waals surface area contributed by atoms with Crippen LogP contribution in [0.5, 0.6) is 0 Å². The number of aliphatic hydroxyl groups excluding tert-OH is 2. The molecule has 134 valence electrons. The molecular formula is C20H31O3P. The predicted octanol–water partition coefficient (Wildman–Crippen LogP) is 3.21. The van der Waals surface area contributed by atoms with Crippen molar-refractivity contribution in [2.45, 2.75) is 58.5 Å². The lowest BCUT2D eigenvalue weighted by molar-refractivity contribution is 0.126. The normalized spacial score (nSPS) is 16.0. The van der Waals surface area contributed by atoms with E-state index in [4.69, 9.17) is 4.74 Å². The second-order valence-corrected chi connectivity index (χ2v) is 6.58. The molecule has 3 nitrogen and oxygen atoms in total. The third kappa shape index (κ3) is 7.17. The fourth-order valence-electron chi connectivity index (χ4n) is 2.41. The van der Waals surface area contributed by atoms with Gasteiger partial charge >= 0.3 is 0 Å². The lowest BCUT2D eigenvalue weighted by atomic mass is 10.0. The molecule has 1 aliphatic carbocycles. The first kappa shape index (κ1) is 20.9. The van der Waals surface area contributed by atoms with Crippen LogP contribution in [-0.4, -0.2) is 34.8 Å². The molecule has 1 atom stereocenters. The Morgan fingerprint density at radius 2 is 1.58 bits per heavy atom. The second kappa shape index (κ2) is 12.2. The van der Waals surface area contributed by atoms with Gasteiger partial charge in [0.15, 0.2) is 0 Å². The number of unbranched alkanes of at least 4 members (excludes halogenated alkanes) is 4. The third-order valence-electron chi connectivity index (χ3n) is 3.89. The molecule has 4 heteroatoms. The molecule has 1 aliphatic rings. The minimum atomic E-state index is -0.924. The maximum absolute atomic E-state index is 9.60. The second-order valence-electron chi connectivity index (χ2n) is 6.00. The van der Waals surface area contributed by atoms with Crippen LogP contribution in [0.3, 0.4) is 0 Å². The van der Waals surface area contributed by atoms with Crippen molar-refractivity contribution in [2.24, 2.45) is 0 Å². The smallest absolute Gasteiger partial charge is 0.140 e. The highest BCUT2D eigenvalue weighted by atomic mass is 31.0. The molecule has 0 saturated carbocycles. The Kier molecular flexibility index (Phi) is 10.7. The largest absolute Gasteiger partial charge is 0.509 e. The van der Waals surface area contributed by atoms with Crippen LogP contribution in [-0.2, 0) is 4.74 Å². The van der Waals surface area contributed by atoms with Crippen LogP contribution in [0.1, 0.15) is 52.4 Å². The summed E-state index contributed by atoms with van der Waals surface area (Å²) in [6.07, 6.45) is 8.56. The maximum atomic E-state index is 9.60. The first-order chi connectivity index (χ1) is 11.6. The van der Waals surface area contributed by atoms with Gasteiger partial charge in [0.1, 0.15) is 11.9 Å². The number of benzene rings is 1. The van der Waals surface area contributed by atoms with Crippen LogP contribution in [0.4, 0.5) is 0 Å². The Morgan fingerprint density at radius 1 is 1.00 bits per heavy atom. The fraction of sp³-hybridized carbons (Fsp3) is 0.550. The SMILES string of the molecule is CCCCCOCCCCC.OC1=c2ccccc2=CC(=P)C1O. The van der Waals surface area contributed by atoms with Crippen molar-refractivity contribution in [3.8, 4) is 0 Å². The van der Waals surface area contributed by atoms with Gasteiger partial charge in [-0.15, -0.1) is 8.86 Å². The molecule has 0 heterocycles. The van der Waals surface area contributed by atoms with Crippen molar-refractivity contribution in [3.63, 3.8) is 0 Å². The van der Waals surface area contributed by atoms with Gasteiger partial charge < -0.3 is 14.9 Å². The lowest BCUT2D eigenvalue weighted by Crippen LogP contribution is -2.38. The number of hydrogen-bond acceptors (Lipinski definition) is 3. The lowest BCUT2D eigenvalue weighted by Gasteiger charge is -2.13. The van der Waals surface area contributed by atoms with Crippen molar-refractivity contribution < 1.29 is 14.9 Å². The minimum Gasteiger partial charge on any atom is -0.509 e. The standard InChI is InChI=1S/C10H9O2P.C10H22O/c11-9-7-4-2-1-3-6(7)5-8(13)10(9)12;1-3-5-7-9-11-10-8-6-4-2/h1-5,10-13H;3-10H2,1-2H3. The molecule has 2 N–H and O–H groups in total. The summed E-state index contributed by atoms with van der Waals surface area (Å²) in [6.45, 7) is 6.38. The maximum Gasteiger partial charge on any atom is 0.140 e. The zero-order valence-corrected chi connectivity index (χ0v) is 15.9. The van der Waals surface area contributed by atoms with E-state index in [1.165, 1.54) is 38.5 Å². The van der Waals surface area contributed by atoms with Gasteiger partial charge in [0, 0.05) is 23.7 Å². The van der Waals surface area contributed by atoms with E-state index in [1.54, 1.807) is 12.1 Å². The molecule has 0 bridgehead atoms. The quantitative estimate of drug-likeness (QED) is 0.559. The van der Waals surface area contributed by atoms with Crippen molar-refractivity contribution >= 4 is 26.0 Å². The zero-order chi connectivity index (χ0) is 17.8. The molecule has 0 amide bonds. The minimum absolute atomic E-state index is 0.00287. The number of fused-ring (bicyclic) bond motifs is 1. The highest BCUT2D eigenvalue weighted by Crippen LogP contribution is 2.05. The first-order valence-electron chi connectivity index (χ1n) is 8.96. The molecule has 0 spiro atoms. The third-order valence-corrected chi connectivity index (χ3v) is 4.30. The van der Waals surface area contributed by atoms with Gasteiger partial charge in [-0.05, 0) is 24.1 Å². The number of hydrogen-bond donors (Lipinski definition) is 2. The Morgan fingerprint density at radius 3 is 2.17 bits per heavy atom. The Hall–Kier alpha value is -1.15. The van der Waals surface area contributed by atoms with Gasteiger partial charge in [0.05, 0.1) is 0 Å². The molecule has 1 unspecified atom stereocenters. The molecular weight excluding hydrogens is 319 g/mol. The van der Waals surface area contributed by atoms with Crippen LogP contribution < -0.4 is 10.4 Å². The summed E-state index contributed by atoms with van der Waals surface area (Å²) < 4.78 is 5.44. The van der Waals surface area contributed by atoms with E-state index in [9.17, 15) is 10.2 Å². The Labute approximate surface area is 147 Å². The van der Waals surface area contributed by atoms with Crippen LogP contribution in [0.15, 0.2) is 24.3 Å². The van der Waals surface area contributed by atoms with Gasteiger partial charge in [-0.1, -0.05) is 63.8 Å². The molecule has 1 aromatic rings. The topological polar surface area (TPSA) is 49.7 Å². The highest BCUT2D eigenvalue weighted by Gasteiger charge is 2.16. The fourth-order valence-corrected chi connectivity index (χ4v) is 2.70.